The fourth-order valence-electron chi connectivity index (χ4n) is 7.04. The van der Waals surface area contributed by atoms with E-state index in [-0.39, 0.29) is 25.0 Å². The van der Waals surface area contributed by atoms with Crippen LogP contribution < -0.4 is 0 Å². The third-order valence-electron chi connectivity index (χ3n) is 11.0. The molecule has 19 heteroatoms. The number of carbonyl (C=O) groups excluding carboxylic acids is 2. The van der Waals surface area contributed by atoms with Crippen LogP contribution in [0.1, 0.15) is 142 Å². The maximum absolute atomic E-state index is 13.0. The number of epoxide rings is 1. The predicted octanol–water partition coefficient (Wildman–Crippen LogP) is 8.94. The zero-order chi connectivity index (χ0) is 51.5. The number of rotatable bonds is 39. The van der Waals surface area contributed by atoms with Gasteiger partial charge >= 0.3 is 27.6 Å². The van der Waals surface area contributed by atoms with Gasteiger partial charge in [-0.3, -0.25) is 23.2 Å². The number of aliphatic hydroxyl groups is 4. The molecule has 0 aromatic rings. The highest BCUT2D eigenvalue weighted by atomic mass is 31.2. The van der Waals surface area contributed by atoms with Crippen molar-refractivity contribution < 1.29 is 81.6 Å². The maximum Gasteiger partial charge on any atom is 0.472 e. The Labute approximate surface area is 415 Å². The molecule has 7 N–H and O–H groups in total. The van der Waals surface area contributed by atoms with E-state index in [1.165, 1.54) is 38.5 Å². The first-order valence-electron chi connectivity index (χ1n) is 24.9. The minimum Gasteiger partial charge on any atom is -0.462 e. The van der Waals surface area contributed by atoms with E-state index < -0.39 is 83.5 Å². The molecule has 2 fully saturated rings. The second kappa shape index (κ2) is 37.6. The number of hydrogen-bond donors (Lipinski definition) is 7. The topological polar surface area (TPSA) is 269 Å². The molecule has 1 saturated carbocycles. The van der Waals surface area contributed by atoms with E-state index in [4.69, 9.17) is 23.3 Å². The molecule has 398 valence electrons. The van der Waals surface area contributed by atoms with Gasteiger partial charge < -0.3 is 49.3 Å². The highest BCUT2D eigenvalue weighted by Gasteiger charge is 2.54. The molecule has 0 radical (unpaired) electrons. The fourth-order valence-corrected chi connectivity index (χ4v) is 8.58. The van der Waals surface area contributed by atoms with E-state index in [0.717, 1.165) is 51.4 Å². The van der Waals surface area contributed by atoms with Crippen LogP contribution in [0.3, 0.4) is 0 Å². The SMILES string of the molecule is CCCCC/C=C\C/C=C\C/C=C\C/C=C\C/C=C\CCC(=O)OC[C@H](COP(=O)(O)O[C@H]1C(O)C(O)C(O)[C@@H](OP(=O)(O)O)C1O)OC(=O)CCC/C=C\CC1OC1C/C=C\C/C=C\CCCCC. The smallest absolute Gasteiger partial charge is 0.462 e. The van der Waals surface area contributed by atoms with E-state index in [1.807, 2.05) is 36.5 Å². The van der Waals surface area contributed by atoms with Crippen molar-refractivity contribution in [2.24, 2.45) is 0 Å². The minimum atomic E-state index is -5.39. The number of unbranched alkanes of at least 4 members (excludes halogenated alkanes) is 7. The first kappa shape index (κ1) is 63.0. The summed E-state index contributed by atoms with van der Waals surface area (Å²) in [7, 11) is -10.7. The van der Waals surface area contributed by atoms with E-state index in [9.17, 15) is 53.8 Å². The summed E-state index contributed by atoms with van der Waals surface area (Å²) in [6, 6.07) is 0. The summed E-state index contributed by atoms with van der Waals surface area (Å²) < 4.78 is 55.1. The van der Waals surface area contributed by atoms with Crippen LogP contribution in [-0.2, 0) is 46.5 Å². The first-order chi connectivity index (χ1) is 33.6. The Balaban J connectivity index is 1.84. The molecule has 1 saturated heterocycles. The van der Waals surface area contributed by atoms with Crippen LogP contribution in [0.2, 0.25) is 0 Å². The number of ether oxygens (including phenoxy) is 3. The van der Waals surface area contributed by atoms with Crippen molar-refractivity contribution in [2.45, 2.75) is 197 Å². The zero-order valence-electron chi connectivity index (χ0n) is 41.1. The van der Waals surface area contributed by atoms with Crippen LogP contribution in [0.5, 0.6) is 0 Å². The number of allylic oxidation sites excluding steroid dienone is 14. The summed E-state index contributed by atoms with van der Waals surface area (Å²) in [6.07, 6.45) is 35.4. The van der Waals surface area contributed by atoms with Crippen LogP contribution in [0, 0.1) is 0 Å². The van der Waals surface area contributed by atoms with Crippen molar-refractivity contribution in [3.8, 4) is 0 Å². The summed E-state index contributed by atoms with van der Waals surface area (Å²) in [4.78, 5) is 54.4. The van der Waals surface area contributed by atoms with Gasteiger partial charge in [-0.05, 0) is 89.9 Å². The Hall–Kier alpha value is -3.12. The van der Waals surface area contributed by atoms with Crippen molar-refractivity contribution in [2.75, 3.05) is 13.2 Å². The van der Waals surface area contributed by atoms with Gasteiger partial charge in [-0.15, -0.1) is 0 Å². The molecular weight excluding hydrogens is 946 g/mol. The molecule has 1 heterocycles. The Bertz CT molecular complexity index is 1790. The van der Waals surface area contributed by atoms with E-state index in [2.05, 4.69) is 79.1 Å². The highest BCUT2D eigenvalue weighted by Crippen LogP contribution is 2.49. The standard InChI is InChI=1S/C51H82O17P2/c1-3-5-7-9-11-13-14-15-16-17-18-19-20-21-22-24-26-28-33-37-44(52)63-39-41(40-64-70(61,62)68-51-48(56)46(54)47(55)50(49(51)57)67-69(58,59)60)65-45(53)38-34-30-29-32-36-43-42(66-43)35-31-27-25-23-12-10-8-6-4-2/h11-13,15-16,18-19,21-23,26-29,31-32,41-43,46-51,54-57H,3-10,14,17,20,24-25,30,33-40H2,1-2H3,(H,61,62)(H2,58,59,60)/b13-11-,16-15-,19-18-,22-21-,23-12-,28-26-,31-27-,32-29-/t41-,42?,43?,46?,47?,48?,49?,50-,51+/m1/s1. The van der Waals surface area contributed by atoms with Crippen LogP contribution in [0.4, 0.5) is 0 Å². The molecular formula is C51H82O17P2. The molecule has 17 nitrogen and oxygen atoms in total. The molecule has 0 aromatic heterocycles. The van der Waals surface area contributed by atoms with Crippen molar-refractivity contribution in [1.29, 1.82) is 0 Å². The number of phosphoric ester groups is 2. The normalized spacial score (nSPS) is 24.7. The first-order valence-corrected chi connectivity index (χ1v) is 27.9. The molecule has 7 unspecified atom stereocenters. The zero-order valence-corrected chi connectivity index (χ0v) is 42.9. The summed E-state index contributed by atoms with van der Waals surface area (Å²) in [6.45, 7) is 2.93. The second-order valence-electron chi connectivity index (χ2n) is 17.2. The predicted molar refractivity (Wildman–Crippen MR) is 268 cm³/mol. The van der Waals surface area contributed by atoms with Gasteiger partial charge in [0.1, 0.15) is 43.2 Å². The number of aliphatic hydroxyl groups excluding tert-OH is 4. The molecule has 0 amide bonds. The Kier molecular flexibility index (Phi) is 33.8. The summed E-state index contributed by atoms with van der Waals surface area (Å²) in [5.74, 6) is -1.38. The van der Waals surface area contributed by atoms with Gasteiger partial charge in [0.2, 0.25) is 0 Å². The van der Waals surface area contributed by atoms with Crippen molar-refractivity contribution in [3.63, 3.8) is 0 Å². The molecule has 1 aliphatic heterocycles. The van der Waals surface area contributed by atoms with Crippen molar-refractivity contribution in [1.82, 2.24) is 0 Å². The molecule has 0 bridgehead atoms. The molecule has 1 aliphatic carbocycles. The van der Waals surface area contributed by atoms with Gasteiger partial charge in [-0.25, -0.2) is 9.13 Å². The van der Waals surface area contributed by atoms with Crippen LogP contribution in [0.25, 0.3) is 0 Å². The fraction of sp³-hybridized carbons (Fsp3) is 0.647. The summed E-state index contributed by atoms with van der Waals surface area (Å²) in [5.41, 5.74) is 0. The third kappa shape index (κ3) is 30.7. The lowest BCUT2D eigenvalue weighted by atomic mass is 9.85. The van der Waals surface area contributed by atoms with E-state index in [0.29, 0.717) is 25.7 Å². The molecule has 2 aliphatic rings. The average molecular weight is 1030 g/mol. The molecule has 2 rings (SSSR count). The lowest BCUT2D eigenvalue weighted by Gasteiger charge is -2.43. The van der Waals surface area contributed by atoms with Crippen LogP contribution in [0.15, 0.2) is 97.2 Å². The number of hydrogen-bond acceptors (Lipinski definition) is 14. The number of carbonyl (C=O) groups is 2. The lowest BCUT2D eigenvalue weighted by molar-refractivity contribution is -0.216. The molecule has 70 heavy (non-hydrogen) atoms. The maximum atomic E-state index is 13.0. The summed E-state index contributed by atoms with van der Waals surface area (Å²) in [5, 5.41) is 41.3. The molecule has 0 spiro atoms. The largest absolute Gasteiger partial charge is 0.472 e. The Morgan fingerprint density at radius 1 is 0.514 bits per heavy atom. The number of esters is 2. The van der Waals surface area contributed by atoms with Crippen molar-refractivity contribution in [3.05, 3.63) is 97.2 Å². The number of phosphoric acid groups is 2. The Morgan fingerprint density at radius 3 is 1.47 bits per heavy atom. The quantitative estimate of drug-likeness (QED) is 0.00995. The van der Waals surface area contributed by atoms with Gasteiger partial charge in [-0.2, -0.15) is 0 Å². The van der Waals surface area contributed by atoms with Crippen LogP contribution >= 0.6 is 15.6 Å². The van der Waals surface area contributed by atoms with Crippen LogP contribution in [-0.4, -0.2) is 115 Å². The van der Waals surface area contributed by atoms with Crippen molar-refractivity contribution >= 4 is 27.6 Å². The van der Waals surface area contributed by atoms with Gasteiger partial charge in [0.15, 0.2) is 6.10 Å². The molecule has 10 atom stereocenters. The molecule has 0 aromatic carbocycles. The average Bonchev–Trinajstić information content (AvgIpc) is 4.08. The lowest BCUT2D eigenvalue weighted by Crippen LogP contribution is -2.64. The van der Waals surface area contributed by atoms with E-state index in [1.54, 1.807) is 0 Å². The third-order valence-corrected chi connectivity index (χ3v) is 12.5. The van der Waals surface area contributed by atoms with Gasteiger partial charge in [0.05, 0.1) is 18.8 Å². The summed E-state index contributed by atoms with van der Waals surface area (Å²) >= 11 is 0. The minimum absolute atomic E-state index is 0.0236. The van der Waals surface area contributed by atoms with Gasteiger partial charge in [0.25, 0.3) is 0 Å². The van der Waals surface area contributed by atoms with Gasteiger partial charge in [-0.1, -0.05) is 137 Å². The van der Waals surface area contributed by atoms with Gasteiger partial charge in [0, 0.05) is 12.8 Å². The second-order valence-corrected chi connectivity index (χ2v) is 19.8. The Morgan fingerprint density at radius 2 is 0.957 bits per heavy atom. The highest BCUT2D eigenvalue weighted by molar-refractivity contribution is 7.47. The monoisotopic (exact) mass is 1030 g/mol. The van der Waals surface area contributed by atoms with E-state index >= 15 is 0 Å².